The van der Waals surface area contributed by atoms with E-state index >= 15 is 0 Å². The number of rotatable bonds is 25. The molecule has 0 aliphatic heterocycles. The number of aliphatic carboxylic acids is 3. The highest BCUT2D eigenvalue weighted by molar-refractivity contribution is 5.81. The van der Waals surface area contributed by atoms with Gasteiger partial charge in [-0.1, -0.05) is 132 Å². The average molecular weight is 811 g/mol. The number of carboxylic acid groups (broad SMARTS) is 3. The third kappa shape index (κ3) is 40.3. The van der Waals surface area contributed by atoms with E-state index in [0.29, 0.717) is 51.4 Å². The Hall–Kier alpha value is -5.36. The van der Waals surface area contributed by atoms with Crippen molar-refractivity contribution in [2.45, 2.75) is 143 Å². The highest BCUT2D eigenvalue weighted by Gasteiger charge is 2.05. The predicted molar refractivity (Wildman–Crippen MR) is 231 cm³/mol. The SMILES string of the molecule is C.C.Nc1ccccc1.O=C(CCCCCCC(=O)NO)Cc1ccccc1.O=C(O)CCCCCCC(=O)Cc1ccccc1.O=C(O)CCCCCCC(=O)O. The Morgan fingerprint density at radius 2 is 0.690 bits per heavy atom. The number of carbonyl (C=O) groups is 6. The molecule has 0 aliphatic rings. The first-order valence-corrected chi connectivity index (χ1v) is 19.4. The highest BCUT2D eigenvalue weighted by atomic mass is 16.5. The van der Waals surface area contributed by atoms with Crippen LogP contribution in [0.3, 0.4) is 0 Å². The summed E-state index contributed by atoms with van der Waals surface area (Å²) in [6.45, 7) is 0. The second kappa shape index (κ2) is 39.9. The van der Waals surface area contributed by atoms with Gasteiger partial charge < -0.3 is 21.1 Å². The maximum Gasteiger partial charge on any atom is 0.303 e. The zero-order chi connectivity index (χ0) is 41.7. The minimum atomic E-state index is -0.784. The quantitative estimate of drug-likeness (QED) is 0.0204. The van der Waals surface area contributed by atoms with Crippen LogP contribution in [0.5, 0.6) is 0 Å². The molecule has 0 aliphatic carbocycles. The van der Waals surface area contributed by atoms with Crippen LogP contribution in [0.15, 0.2) is 91.0 Å². The minimum Gasteiger partial charge on any atom is -0.481 e. The van der Waals surface area contributed by atoms with Gasteiger partial charge in [-0.25, -0.2) is 5.48 Å². The van der Waals surface area contributed by atoms with Crippen molar-refractivity contribution in [3.63, 3.8) is 0 Å². The first-order chi connectivity index (χ1) is 26.9. The lowest BCUT2D eigenvalue weighted by Gasteiger charge is -2.02. The third-order valence-electron chi connectivity index (χ3n) is 8.15. The smallest absolute Gasteiger partial charge is 0.303 e. The maximum absolute atomic E-state index is 11.7. The number of nitrogens with one attached hydrogen (secondary N) is 1. The Morgan fingerprint density at radius 1 is 0.414 bits per heavy atom. The van der Waals surface area contributed by atoms with Gasteiger partial charge in [0.25, 0.3) is 0 Å². The molecule has 0 saturated heterocycles. The molecule has 0 bridgehead atoms. The summed E-state index contributed by atoms with van der Waals surface area (Å²) in [7, 11) is 0. The summed E-state index contributed by atoms with van der Waals surface area (Å²) in [5.74, 6) is -2.13. The molecule has 1 amide bonds. The molecule has 58 heavy (non-hydrogen) atoms. The molecule has 0 spiro atoms. The van der Waals surface area contributed by atoms with Crippen molar-refractivity contribution in [1.82, 2.24) is 5.48 Å². The summed E-state index contributed by atoms with van der Waals surface area (Å²) in [5.41, 5.74) is 9.91. The number of amides is 1. The number of hydrogen-bond acceptors (Lipinski definition) is 8. The molecule has 7 N–H and O–H groups in total. The molecule has 0 unspecified atom stereocenters. The van der Waals surface area contributed by atoms with Gasteiger partial charge >= 0.3 is 17.9 Å². The Balaban J connectivity index is -0.000000722. The Bertz CT molecular complexity index is 1470. The van der Waals surface area contributed by atoms with Crippen molar-refractivity contribution in [2.24, 2.45) is 0 Å². The lowest BCUT2D eigenvalue weighted by Crippen LogP contribution is -2.17. The molecule has 3 aromatic carbocycles. The van der Waals surface area contributed by atoms with Crippen molar-refractivity contribution in [3.8, 4) is 0 Å². The van der Waals surface area contributed by atoms with E-state index in [0.717, 1.165) is 74.6 Å². The fraction of sp³-hybridized carbons (Fsp3) is 0.478. The maximum atomic E-state index is 11.7. The topological polar surface area (TPSA) is 221 Å². The lowest BCUT2D eigenvalue weighted by atomic mass is 10.0. The standard InChI is InChI=1S/C15H21NO3.C15H20O3.C8H14O4.C6H7N.2CH4/c17-14(12-13-8-4-3-5-9-13)10-6-1-2-7-11-15(18)16-19;16-14(12-13-8-4-3-5-9-13)10-6-1-2-7-11-15(17)18;9-7(10)5-3-1-2-4-6-8(11)12;7-6-4-2-1-3-5-6;;/h3-5,8-9,19H,1-2,6-7,10-12H2,(H,16,18);3-5,8-9H,1-2,6-7,10-12H2,(H,17,18);1-6H2,(H,9,10)(H,11,12);1-5H,7H2;2*1H4. The van der Waals surface area contributed by atoms with Crippen LogP contribution in [0.2, 0.25) is 0 Å². The van der Waals surface area contributed by atoms with Crippen LogP contribution in [-0.2, 0) is 41.6 Å². The molecule has 0 fully saturated rings. The molecule has 3 aromatic rings. The van der Waals surface area contributed by atoms with Crippen LogP contribution < -0.4 is 11.2 Å². The Morgan fingerprint density at radius 3 is 0.948 bits per heavy atom. The van der Waals surface area contributed by atoms with Gasteiger partial charge in [-0.05, 0) is 61.8 Å². The molecule has 324 valence electrons. The van der Waals surface area contributed by atoms with Crippen LogP contribution >= 0.6 is 0 Å². The van der Waals surface area contributed by atoms with E-state index in [4.69, 9.17) is 26.3 Å². The molecule has 12 heteroatoms. The summed E-state index contributed by atoms with van der Waals surface area (Å²) in [5, 5.41) is 33.3. The van der Waals surface area contributed by atoms with E-state index in [2.05, 4.69) is 0 Å². The van der Waals surface area contributed by atoms with E-state index in [-0.39, 0.29) is 51.6 Å². The molecule has 0 atom stereocenters. The van der Waals surface area contributed by atoms with Crippen LogP contribution in [0, 0.1) is 0 Å². The van der Waals surface area contributed by atoms with E-state index in [9.17, 15) is 28.8 Å². The first-order valence-electron chi connectivity index (χ1n) is 19.4. The average Bonchev–Trinajstić information content (AvgIpc) is 3.17. The Kier molecular flexibility index (Phi) is 39.1. The number of para-hydroxylation sites is 1. The Labute approximate surface area is 346 Å². The number of Topliss-reactive ketones (excluding diaryl/α,β-unsaturated/α-hetero) is 2. The monoisotopic (exact) mass is 811 g/mol. The van der Waals surface area contributed by atoms with Crippen molar-refractivity contribution in [3.05, 3.63) is 102 Å². The van der Waals surface area contributed by atoms with Crippen LogP contribution in [0.1, 0.15) is 142 Å². The zero-order valence-electron chi connectivity index (χ0n) is 32.6. The summed E-state index contributed by atoms with van der Waals surface area (Å²) >= 11 is 0. The minimum absolute atomic E-state index is 0. The van der Waals surface area contributed by atoms with Crippen LogP contribution in [0.25, 0.3) is 0 Å². The molecule has 0 radical (unpaired) electrons. The summed E-state index contributed by atoms with van der Waals surface area (Å²) in [4.78, 5) is 64.5. The van der Waals surface area contributed by atoms with Crippen LogP contribution in [-0.4, -0.2) is 55.9 Å². The molecule has 12 nitrogen and oxygen atoms in total. The molecule has 0 aromatic heterocycles. The highest BCUT2D eigenvalue weighted by Crippen LogP contribution is 2.10. The van der Waals surface area contributed by atoms with Gasteiger partial charge in [0.2, 0.25) is 5.91 Å². The number of carboxylic acids is 3. The van der Waals surface area contributed by atoms with Crippen LogP contribution in [0.4, 0.5) is 5.69 Å². The van der Waals surface area contributed by atoms with Crippen molar-refractivity contribution < 1.29 is 49.3 Å². The van der Waals surface area contributed by atoms with Gasteiger partial charge in [0.15, 0.2) is 0 Å². The van der Waals surface area contributed by atoms with Crippen molar-refractivity contribution in [1.29, 1.82) is 0 Å². The lowest BCUT2D eigenvalue weighted by molar-refractivity contribution is -0.138. The fourth-order valence-electron chi connectivity index (χ4n) is 5.15. The van der Waals surface area contributed by atoms with E-state index in [1.807, 2.05) is 91.0 Å². The number of anilines is 1. The van der Waals surface area contributed by atoms with E-state index in [1.165, 1.54) is 0 Å². The van der Waals surface area contributed by atoms with Gasteiger partial charge in [-0.15, -0.1) is 0 Å². The summed E-state index contributed by atoms with van der Waals surface area (Å²) < 4.78 is 0. The van der Waals surface area contributed by atoms with E-state index in [1.54, 1.807) is 5.48 Å². The summed E-state index contributed by atoms with van der Waals surface area (Å²) in [6.07, 6.45) is 12.9. The normalized spacial score (nSPS) is 9.53. The predicted octanol–water partition coefficient (Wildman–Crippen LogP) is 9.90. The molecule has 3 rings (SSSR count). The van der Waals surface area contributed by atoms with Gasteiger partial charge in [-0.3, -0.25) is 34.0 Å². The van der Waals surface area contributed by atoms with Gasteiger partial charge in [0.1, 0.15) is 11.6 Å². The number of hydrogen-bond donors (Lipinski definition) is 6. The van der Waals surface area contributed by atoms with Gasteiger partial charge in [0.05, 0.1) is 0 Å². The zero-order valence-corrected chi connectivity index (χ0v) is 32.6. The number of nitrogen functional groups attached to an aromatic ring is 1. The number of benzene rings is 3. The third-order valence-corrected chi connectivity index (χ3v) is 8.15. The second-order valence-electron chi connectivity index (χ2n) is 13.3. The largest absolute Gasteiger partial charge is 0.481 e. The second-order valence-corrected chi connectivity index (χ2v) is 13.3. The number of hydroxylamine groups is 1. The van der Waals surface area contributed by atoms with Crippen molar-refractivity contribution >= 4 is 41.1 Å². The number of carbonyl (C=O) groups excluding carboxylic acids is 3. The number of nitrogens with two attached hydrogens (primary N) is 1. The fourth-order valence-corrected chi connectivity index (χ4v) is 5.15. The molecular formula is C46H70N2O10. The van der Waals surface area contributed by atoms with Gasteiger partial charge in [-0.2, -0.15) is 0 Å². The number of unbranched alkanes of at least 4 members (excludes halogenated alkanes) is 9. The molecular weight excluding hydrogens is 741 g/mol. The van der Waals surface area contributed by atoms with Gasteiger partial charge in [0, 0.05) is 57.1 Å². The molecule has 0 heterocycles. The van der Waals surface area contributed by atoms with Crippen molar-refractivity contribution in [2.75, 3.05) is 5.73 Å². The number of ketones is 2. The summed E-state index contributed by atoms with van der Waals surface area (Å²) in [6, 6.07) is 29.0. The van der Waals surface area contributed by atoms with E-state index < -0.39 is 17.9 Å². The molecule has 0 saturated carbocycles. The first kappa shape index (κ1) is 57.0.